The van der Waals surface area contributed by atoms with Gasteiger partial charge in [-0.05, 0) is 30.2 Å². The molecule has 1 aliphatic rings. The summed E-state index contributed by atoms with van der Waals surface area (Å²) in [5, 5.41) is 10.4. The minimum Gasteiger partial charge on any atom is -0.464 e. The lowest BCUT2D eigenvalue weighted by Crippen LogP contribution is -2.44. The molecular formula is C14H10ClF3N2O3. The molecule has 1 aromatic carbocycles. The summed E-state index contributed by atoms with van der Waals surface area (Å²) < 4.78 is 38.7. The largest absolute Gasteiger partial charge is 0.471 e. The van der Waals surface area contributed by atoms with Crippen LogP contribution in [0, 0.1) is 0 Å². The molecule has 23 heavy (non-hydrogen) atoms. The number of alkyl halides is 3. The fourth-order valence-corrected chi connectivity index (χ4v) is 3.08. The third kappa shape index (κ3) is 2.52. The van der Waals surface area contributed by atoms with Gasteiger partial charge in [-0.25, -0.2) is 9.36 Å². The Morgan fingerprint density at radius 1 is 1.26 bits per heavy atom. The summed E-state index contributed by atoms with van der Waals surface area (Å²) in [4.78, 5) is 23.5. The van der Waals surface area contributed by atoms with Gasteiger partial charge >= 0.3 is 18.2 Å². The molecule has 2 aromatic rings. The summed E-state index contributed by atoms with van der Waals surface area (Å²) in [6.45, 7) is -0.539. The zero-order valence-corrected chi connectivity index (χ0v) is 12.3. The summed E-state index contributed by atoms with van der Waals surface area (Å²) in [6, 6.07) is 4.59. The Bertz CT molecular complexity index is 829. The summed E-state index contributed by atoms with van der Waals surface area (Å²) >= 11 is 5.92. The molecule has 0 saturated heterocycles. The van der Waals surface area contributed by atoms with Gasteiger partial charge in [0, 0.05) is 17.0 Å². The number of hydrogen-bond donors (Lipinski definition) is 1. The maximum atomic E-state index is 12.6. The van der Waals surface area contributed by atoms with Crippen LogP contribution >= 0.6 is 11.6 Å². The fourth-order valence-electron chi connectivity index (χ4n) is 2.90. The number of carbonyl (C=O) groups excluding carboxylic acids is 1. The van der Waals surface area contributed by atoms with Gasteiger partial charge < -0.3 is 10.0 Å². The van der Waals surface area contributed by atoms with Crippen molar-refractivity contribution >= 4 is 34.5 Å². The summed E-state index contributed by atoms with van der Waals surface area (Å²) in [7, 11) is 0. The van der Waals surface area contributed by atoms with Gasteiger partial charge in [-0.2, -0.15) is 13.2 Å². The van der Waals surface area contributed by atoms with Crippen LogP contribution in [0.3, 0.4) is 0 Å². The van der Waals surface area contributed by atoms with E-state index in [1.807, 2.05) is 0 Å². The lowest BCUT2D eigenvalue weighted by Gasteiger charge is -2.28. The van der Waals surface area contributed by atoms with Crippen LogP contribution in [0.1, 0.15) is 11.3 Å². The monoisotopic (exact) mass is 346 g/mol. The molecule has 0 radical (unpaired) electrons. The molecule has 5 nitrogen and oxygen atoms in total. The van der Waals surface area contributed by atoms with Crippen molar-refractivity contribution in [1.29, 1.82) is 0 Å². The molecule has 0 spiro atoms. The normalized spacial score (nSPS) is 14.9. The molecule has 0 aliphatic carbocycles. The molecule has 0 atom stereocenters. The lowest BCUT2D eigenvalue weighted by molar-refractivity contribution is -0.186. The molecule has 0 fully saturated rings. The van der Waals surface area contributed by atoms with E-state index in [4.69, 9.17) is 11.6 Å². The van der Waals surface area contributed by atoms with Crippen LogP contribution in [-0.4, -0.2) is 39.3 Å². The first kappa shape index (κ1) is 15.7. The summed E-state index contributed by atoms with van der Waals surface area (Å²) in [6.07, 6.45) is -6.17. The minimum absolute atomic E-state index is 0.128. The molecule has 0 saturated carbocycles. The Hall–Kier alpha value is -2.22. The van der Waals surface area contributed by atoms with Crippen molar-refractivity contribution in [2.75, 3.05) is 6.54 Å². The van der Waals surface area contributed by atoms with Crippen LogP contribution in [0.5, 0.6) is 0 Å². The number of fused-ring (bicyclic) bond motifs is 3. The topological polar surface area (TPSA) is 62.5 Å². The van der Waals surface area contributed by atoms with Gasteiger partial charge in [0.25, 0.3) is 0 Å². The Morgan fingerprint density at radius 2 is 1.96 bits per heavy atom. The average Bonchev–Trinajstić information content (AvgIpc) is 2.78. The number of halogens is 4. The van der Waals surface area contributed by atoms with E-state index in [9.17, 15) is 27.9 Å². The molecule has 0 unspecified atom stereocenters. The number of rotatable bonds is 0. The number of hydrogen-bond acceptors (Lipinski definition) is 2. The highest BCUT2D eigenvalue weighted by Gasteiger charge is 2.44. The molecule has 9 heteroatoms. The van der Waals surface area contributed by atoms with Crippen molar-refractivity contribution in [2.45, 2.75) is 19.1 Å². The average molecular weight is 347 g/mol. The van der Waals surface area contributed by atoms with Gasteiger partial charge in [0.1, 0.15) is 0 Å². The van der Waals surface area contributed by atoms with Gasteiger partial charge in [0.2, 0.25) is 0 Å². The van der Waals surface area contributed by atoms with Crippen LogP contribution < -0.4 is 0 Å². The minimum atomic E-state index is -4.99. The van der Waals surface area contributed by atoms with Crippen molar-refractivity contribution in [1.82, 2.24) is 9.47 Å². The van der Waals surface area contributed by atoms with E-state index in [-0.39, 0.29) is 18.7 Å². The van der Waals surface area contributed by atoms with E-state index in [1.54, 1.807) is 6.07 Å². The van der Waals surface area contributed by atoms with E-state index in [0.717, 1.165) is 4.57 Å². The molecule has 3 rings (SSSR count). The van der Waals surface area contributed by atoms with Crippen LogP contribution in [-0.2, 0) is 17.8 Å². The van der Waals surface area contributed by atoms with Crippen molar-refractivity contribution in [3.05, 3.63) is 34.5 Å². The number of benzene rings is 1. The SMILES string of the molecule is O=C(O)n1c2c(c3cc(Cl)ccc31)CCN(C(=O)C(F)(F)F)C2. The van der Waals surface area contributed by atoms with Gasteiger partial charge in [0.05, 0.1) is 17.8 Å². The van der Waals surface area contributed by atoms with Crippen molar-refractivity contribution in [3.8, 4) is 0 Å². The van der Waals surface area contributed by atoms with E-state index in [2.05, 4.69) is 0 Å². The van der Waals surface area contributed by atoms with E-state index < -0.39 is 24.7 Å². The number of nitrogens with zero attached hydrogens (tertiary/aromatic N) is 2. The second kappa shape index (κ2) is 5.16. The molecule has 1 aliphatic heterocycles. The molecular weight excluding hydrogens is 337 g/mol. The highest BCUT2D eigenvalue weighted by Crippen LogP contribution is 2.33. The Labute approximate surface area is 132 Å². The Balaban J connectivity index is 2.14. The first-order chi connectivity index (χ1) is 10.7. The lowest BCUT2D eigenvalue weighted by atomic mass is 10.0. The fraction of sp³-hybridized carbons (Fsp3) is 0.286. The van der Waals surface area contributed by atoms with Crippen molar-refractivity contribution in [2.24, 2.45) is 0 Å². The second-order valence-electron chi connectivity index (χ2n) is 5.18. The smallest absolute Gasteiger partial charge is 0.464 e. The Kier molecular flexibility index (Phi) is 3.51. The quantitative estimate of drug-likeness (QED) is 0.796. The second-order valence-corrected chi connectivity index (χ2v) is 5.62. The van der Waals surface area contributed by atoms with Gasteiger partial charge in [-0.15, -0.1) is 0 Å². The highest BCUT2D eigenvalue weighted by molar-refractivity contribution is 6.31. The summed E-state index contributed by atoms with van der Waals surface area (Å²) in [5.74, 6) is -1.97. The van der Waals surface area contributed by atoms with E-state index in [1.165, 1.54) is 12.1 Å². The van der Waals surface area contributed by atoms with Crippen LogP contribution in [0.2, 0.25) is 5.02 Å². The number of carboxylic acid groups (broad SMARTS) is 1. The third-order valence-corrected chi connectivity index (χ3v) is 4.07. The van der Waals surface area contributed by atoms with Gasteiger partial charge in [-0.1, -0.05) is 11.6 Å². The molecule has 0 bridgehead atoms. The maximum Gasteiger partial charge on any atom is 0.471 e. The zero-order valence-electron chi connectivity index (χ0n) is 11.5. The van der Waals surface area contributed by atoms with Crippen LogP contribution in [0.15, 0.2) is 18.2 Å². The molecule has 122 valence electrons. The molecule has 2 heterocycles. The first-order valence-corrected chi connectivity index (χ1v) is 6.99. The predicted molar refractivity (Wildman–Crippen MR) is 75.5 cm³/mol. The van der Waals surface area contributed by atoms with Gasteiger partial charge in [0.15, 0.2) is 0 Å². The Morgan fingerprint density at radius 3 is 2.57 bits per heavy atom. The number of amides is 1. The summed E-state index contributed by atoms with van der Waals surface area (Å²) in [5.41, 5.74) is 1.11. The van der Waals surface area contributed by atoms with Crippen molar-refractivity contribution < 1.29 is 27.9 Å². The van der Waals surface area contributed by atoms with Crippen LogP contribution in [0.4, 0.5) is 18.0 Å². The first-order valence-electron chi connectivity index (χ1n) is 6.61. The van der Waals surface area contributed by atoms with Crippen LogP contribution in [0.25, 0.3) is 10.9 Å². The predicted octanol–water partition coefficient (Wildman–Crippen LogP) is 3.27. The van der Waals surface area contributed by atoms with E-state index >= 15 is 0 Å². The molecule has 1 aromatic heterocycles. The molecule has 1 N–H and O–H groups in total. The standard InChI is InChI=1S/C14H10ClF3N2O3/c15-7-1-2-10-9(5-7)8-3-4-19(12(21)14(16,17)18)6-11(8)20(10)13(22)23/h1-2,5H,3-4,6H2,(H,22,23). The van der Waals surface area contributed by atoms with Crippen molar-refractivity contribution in [3.63, 3.8) is 0 Å². The zero-order chi connectivity index (χ0) is 16.9. The maximum absolute atomic E-state index is 12.6. The number of carbonyl (C=O) groups is 2. The molecule has 1 amide bonds. The highest BCUT2D eigenvalue weighted by atomic mass is 35.5. The van der Waals surface area contributed by atoms with E-state index in [0.29, 0.717) is 26.4 Å². The third-order valence-electron chi connectivity index (χ3n) is 3.84. The number of aromatic nitrogens is 1. The van der Waals surface area contributed by atoms with Gasteiger partial charge in [-0.3, -0.25) is 4.79 Å².